The Labute approximate surface area is 122 Å². The number of thiophene rings is 1. The zero-order valence-corrected chi connectivity index (χ0v) is 12.7. The van der Waals surface area contributed by atoms with Crippen molar-refractivity contribution in [2.75, 3.05) is 0 Å². The van der Waals surface area contributed by atoms with Gasteiger partial charge < -0.3 is 10.3 Å². The predicted octanol–water partition coefficient (Wildman–Crippen LogP) is 1.67. The molecule has 2 atom stereocenters. The lowest BCUT2D eigenvalue weighted by Crippen LogP contribution is -2.47. The summed E-state index contributed by atoms with van der Waals surface area (Å²) < 4.78 is 1.95. The Hall–Kier alpha value is -1.66. The number of aryl methyl sites for hydroxylation is 1. The van der Waals surface area contributed by atoms with E-state index in [0.29, 0.717) is 0 Å². The normalized spacial score (nSPS) is 14.4. The molecule has 0 aliphatic heterocycles. The van der Waals surface area contributed by atoms with E-state index in [9.17, 15) is 4.79 Å². The minimum Gasteiger partial charge on any atom is -0.368 e. The lowest BCUT2D eigenvalue weighted by atomic mass is 10.0. The topological polar surface area (TPSA) is 72.9 Å². The van der Waals surface area contributed by atoms with Gasteiger partial charge in [0.1, 0.15) is 11.9 Å². The third-order valence-electron chi connectivity index (χ3n) is 3.26. The maximum Gasteiger partial charge on any atom is 0.234 e. The SMILES string of the molecule is CC(C)C(NC(c1cccs1)c1nccn1C)C(N)=O. The van der Waals surface area contributed by atoms with E-state index in [1.165, 1.54) is 0 Å². The van der Waals surface area contributed by atoms with Crippen LogP contribution >= 0.6 is 11.3 Å². The van der Waals surface area contributed by atoms with E-state index in [2.05, 4.69) is 10.3 Å². The molecular formula is C14H20N4OS. The molecule has 6 heteroatoms. The van der Waals surface area contributed by atoms with Crippen molar-refractivity contribution in [1.82, 2.24) is 14.9 Å². The number of amides is 1. The van der Waals surface area contributed by atoms with Gasteiger partial charge in [0.05, 0.1) is 6.04 Å². The summed E-state index contributed by atoms with van der Waals surface area (Å²) >= 11 is 1.64. The molecule has 2 heterocycles. The number of carbonyl (C=O) groups excluding carboxylic acids is 1. The van der Waals surface area contributed by atoms with Gasteiger partial charge in [-0.25, -0.2) is 4.98 Å². The third-order valence-corrected chi connectivity index (χ3v) is 4.20. The molecule has 0 aromatic carbocycles. The quantitative estimate of drug-likeness (QED) is 0.850. The van der Waals surface area contributed by atoms with Crippen LogP contribution in [0.1, 0.15) is 30.6 Å². The van der Waals surface area contributed by atoms with E-state index in [0.717, 1.165) is 10.7 Å². The van der Waals surface area contributed by atoms with Crippen LogP contribution in [0.5, 0.6) is 0 Å². The highest BCUT2D eigenvalue weighted by molar-refractivity contribution is 7.10. The first-order valence-corrected chi connectivity index (χ1v) is 7.44. The molecule has 20 heavy (non-hydrogen) atoms. The van der Waals surface area contributed by atoms with Crippen LogP contribution in [-0.4, -0.2) is 21.5 Å². The van der Waals surface area contributed by atoms with E-state index in [1.54, 1.807) is 17.5 Å². The number of nitrogens with one attached hydrogen (secondary N) is 1. The molecule has 2 aromatic rings. The average molecular weight is 292 g/mol. The highest BCUT2D eigenvalue weighted by Crippen LogP contribution is 2.26. The Morgan fingerprint density at radius 3 is 2.70 bits per heavy atom. The summed E-state index contributed by atoms with van der Waals surface area (Å²) in [5.41, 5.74) is 5.51. The number of hydrogen-bond acceptors (Lipinski definition) is 4. The van der Waals surface area contributed by atoms with Crippen LogP contribution in [0.2, 0.25) is 0 Å². The summed E-state index contributed by atoms with van der Waals surface area (Å²) in [6, 6.07) is 3.51. The highest BCUT2D eigenvalue weighted by Gasteiger charge is 2.27. The van der Waals surface area contributed by atoms with E-state index in [1.807, 2.05) is 49.2 Å². The van der Waals surface area contributed by atoms with E-state index >= 15 is 0 Å². The lowest BCUT2D eigenvalue weighted by molar-refractivity contribution is -0.121. The predicted molar refractivity (Wildman–Crippen MR) is 80.3 cm³/mol. The van der Waals surface area contributed by atoms with Gasteiger partial charge in [0.15, 0.2) is 0 Å². The molecule has 0 aliphatic carbocycles. The van der Waals surface area contributed by atoms with Crippen molar-refractivity contribution in [1.29, 1.82) is 0 Å². The molecule has 3 N–H and O–H groups in total. The van der Waals surface area contributed by atoms with E-state index in [4.69, 9.17) is 5.73 Å². The van der Waals surface area contributed by atoms with Crippen molar-refractivity contribution in [3.63, 3.8) is 0 Å². The first-order chi connectivity index (χ1) is 9.50. The number of primary amides is 1. The van der Waals surface area contributed by atoms with Crippen molar-refractivity contribution in [2.45, 2.75) is 25.9 Å². The second-order valence-corrected chi connectivity index (χ2v) is 6.11. The van der Waals surface area contributed by atoms with E-state index < -0.39 is 6.04 Å². The monoisotopic (exact) mass is 292 g/mol. The van der Waals surface area contributed by atoms with E-state index in [-0.39, 0.29) is 17.9 Å². The molecule has 5 nitrogen and oxygen atoms in total. The van der Waals surface area contributed by atoms with Gasteiger partial charge in [0.25, 0.3) is 0 Å². The molecule has 2 unspecified atom stereocenters. The molecule has 0 bridgehead atoms. The summed E-state index contributed by atoms with van der Waals surface area (Å²) in [7, 11) is 1.94. The van der Waals surface area contributed by atoms with Crippen LogP contribution in [-0.2, 0) is 11.8 Å². The van der Waals surface area contributed by atoms with Gasteiger partial charge in [-0.2, -0.15) is 0 Å². The zero-order valence-electron chi connectivity index (χ0n) is 11.9. The van der Waals surface area contributed by atoms with Crippen LogP contribution in [0.4, 0.5) is 0 Å². The highest BCUT2D eigenvalue weighted by atomic mass is 32.1. The van der Waals surface area contributed by atoms with Crippen molar-refractivity contribution < 1.29 is 4.79 Å². The number of aromatic nitrogens is 2. The van der Waals surface area contributed by atoms with Crippen molar-refractivity contribution in [3.8, 4) is 0 Å². The van der Waals surface area contributed by atoms with Gasteiger partial charge in [-0.15, -0.1) is 11.3 Å². The molecule has 1 amide bonds. The smallest absolute Gasteiger partial charge is 0.234 e. The Morgan fingerprint density at radius 2 is 2.25 bits per heavy atom. The molecule has 0 radical (unpaired) electrons. The maximum atomic E-state index is 11.6. The fourth-order valence-corrected chi connectivity index (χ4v) is 2.96. The second-order valence-electron chi connectivity index (χ2n) is 5.14. The number of imidazole rings is 1. The maximum absolute atomic E-state index is 11.6. The molecule has 2 rings (SSSR count). The van der Waals surface area contributed by atoms with Crippen LogP contribution < -0.4 is 11.1 Å². The van der Waals surface area contributed by atoms with Crippen LogP contribution in [0.3, 0.4) is 0 Å². The minimum absolute atomic E-state index is 0.121. The third kappa shape index (κ3) is 3.08. The Bertz CT molecular complexity index is 562. The van der Waals surface area contributed by atoms with Gasteiger partial charge in [0.2, 0.25) is 5.91 Å². The Morgan fingerprint density at radius 1 is 1.50 bits per heavy atom. The van der Waals surface area contributed by atoms with Gasteiger partial charge in [-0.1, -0.05) is 19.9 Å². The second kappa shape index (κ2) is 6.19. The molecular weight excluding hydrogens is 272 g/mol. The van der Waals surface area contributed by atoms with Gasteiger partial charge >= 0.3 is 0 Å². The zero-order chi connectivity index (χ0) is 14.7. The summed E-state index contributed by atoms with van der Waals surface area (Å²) in [5.74, 6) is 0.658. The van der Waals surface area contributed by atoms with Gasteiger partial charge in [-0.05, 0) is 17.4 Å². The van der Waals surface area contributed by atoms with Crippen molar-refractivity contribution >= 4 is 17.2 Å². The first kappa shape index (κ1) is 14.7. The summed E-state index contributed by atoms with van der Waals surface area (Å²) in [6.45, 7) is 3.96. The summed E-state index contributed by atoms with van der Waals surface area (Å²) in [4.78, 5) is 17.2. The van der Waals surface area contributed by atoms with Gasteiger partial charge in [0, 0.05) is 24.3 Å². The molecule has 0 fully saturated rings. The largest absolute Gasteiger partial charge is 0.368 e. The van der Waals surface area contributed by atoms with Crippen LogP contribution in [0.15, 0.2) is 29.9 Å². The standard InChI is InChI=1S/C14H20N4OS/c1-9(2)11(13(15)19)17-12(10-5-4-8-20-10)14-16-6-7-18(14)3/h4-9,11-12,17H,1-3H3,(H2,15,19). The number of rotatable bonds is 6. The molecule has 0 saturated carbocycles. The number of carbonyl (C=O) groups is 1. The number of nitrogens with zero attached hydrogens (tertiary/aromatic N) is 2. The fourth-order valence-electron chi connectivity index (χ4n) is 2.18. The molecule has 0 spiro atoms. The minimum atomic E-state index is -0.390. The van der Waals surface area contributed by atoms with Gasteiger partial charge in [-0.3, -0.25) is 10.1 Å². The molecule has 108 valence electrons. The Balaban J connectivity index is 2.33. The van der Waals surface area contributed by atoms with Crippen LogP contribution in [0.25, 0.3) is 0 Å². The molecule has 0 saturated heterocycles. The lowest BCUT2D eigenvalue weighted by Gasteiger charge is -2.25. The van der Waals surface area contributed by atoms with Crippen LogP contribution in [0, 0.1) is 5.92 Å². The number of nitrogens with two attached hydrogens (primary N) is 1. The molecule has 2 aromatic heterocycles. The molecule has 0 aliphatic rings. The van der Waals surface area contributed by atoms with Crippen molar-refractivity contribution in [3.05, 3.63) is 40.6 Å². The number of hydrogen-bond donors (Lipinski definition) is 2. The van der Waals surface area contributed by atoms with Crippen molar-refractivity contribution in [2.24, 2.45) is 18.7 Å². The Kier molecular flexibility index (Phi) is 4.57. The summed E-state index contributed by atoms with van der Waals surface area (Å²) in [5, 5.41) is 5.37. The first-order valence-electron chi connectivity index (χ1n) is 6.56. The fraction of sp³-hybridized carbons (Fsp3) is 0.429. The summed E-state index contributed by atoms with van der Waals surface area (Å²) in [6.07, 6.45) is 3.65. The average Bonchev–Trinajstić information content (AvgIpc) is 3.01.